The highest BCUT2D eigenvalue weighted by Gasteiger charge is 2.33. The van der Waals surface area contributed by atoms with E-state index in [0.29, 0.717) is 29.8 Å². The Bertz CT molecular complexity index is 705. The van der Waals surface area contributed by atoms with Crippen molar-refractivity contribution in [2.75, 3.05) is 31.6 Å². The van der Waals surface area contributed by atoms with E-state index in [2.05, 4.69) is 15.9 Å². The highest BCUT2D eigenvalue weighted by molar-refractivity contribution is 9.10. The zero-order chi connectivity index (χ0) is 19.6. The van der Waals surface area contributed by atoms with Crippen molar-refractivity contribution < 1.29 is 23.5 Å². The Morgan fingerprint density at radius 3 is 2.46 bits per heavy atom. The number of benzene rings is 1. The molecular formula is C18H24BrFN2O4. The molecule has 2 rings (SSSR count). The number of carbonyl (C=O) groups excluding carboxylic acids is 2. The lowest BCUT2D eigenvalue weighted by molar-refractivity contribution is 0.0158. The number of anilines is 1. The van der Waals surface area contributed by atoms with Crippen LogP contribution in [-0.2, 0) is 9.47 Å². The molecule has 1 saturated heterocycles. The van der Waals surface area contributed by atoms with Crippen molar-refractivity contribution in [3.63, 3.8) is 0 Å². The van der Waals surface area contributed by atoms with Crippen LogP contribution in [0.2, 0.25) is 0 Å². The molecule has 0 aromatic heterocycles. The fourth-order valence-corrected chi connectivity index (χ4v) is 3.30. The van der Waals surface area contributed by atoms with Gasteiger partial charge in [0.1, 0.15) is 17.0 Å². The number of methoxy groups -OCH3 is 1. The van der Waals surface area contributed by atoms with Gasteiger partial charge in [0.25, 0.3) is 0 Å². The second-order valence-corrected chi connectivity index (χ2v) is 8.16. The number of esters is 1. The van der Waals surface area contributed by atoms with Gasteiger partial charge in [-0.15, -0.1) is 0 Å². The third-order valence-electron chi connectivity index (χ3n) is 4.02. The molecule has 1 aliphatic heterocycles. The van der Waals surface area contributed by atoms with Gasteiger partial charge in [-0.3, -0.25) is 0 Å². The molecule has 8 heteroatoms. The van der Waals surface area contributed by atoms with E-state index in [0.717, 1.165) is 0 Å². The maximum Gasteiger partial charge on any atom is 0.410 e. The first-order chi connectivity index (χ1) is 12.0. The first-order valence-electron chi connectivity index (χ1n) is 8.35. The molecule has 1 atom stereocenters. The van der Waals surface area contributed by atoms with Crippen LogP contribution >= 0.6 is 15.9 Å². The maximum absolute atomic E-state index is 14.3. The molecule has 1 fully saturated rings. The smallest absolute Gasteiger partial charge is 0.410 e. The Kier molecular flexibility index (Phi) is 6.16. The summed E-state index contributed by atoms with van der Waals surface area (Å²) in [5.41, 5.74) is -0.229. The van der Waals surface area contributed by atoms with Crippen LogP contribution in [0.25, 0.3) is 0 Å². The van der Waals surface area contributed by atoms with Gasteiger partial charge in [0.05, 0.1) is 12.8 Å². The van der Waals surface area contributed by atoms with Crippen molar-refractivity contribution >= 4 is 33.7 Å². The SMILES string of the molecule is COC(=O)c1c(F)cc(Br)cc1N1CCN(C(=O)OC(C)(C)C)[C@@H](C)C1. The summed E-state index contributed by atoms with van der Waals surface area (Å²) in [6, 6.07) is 2.76. The number of hydrogen-bond donors (Lipinski definition) is 0. The monoisotopic (exact) mass is 430 g/mol. The Morgan fingerprint density at radius 1 is 1.27 bits per heavy atom. The molecule has 0 N–H and O–H groups in total. The van der Waals surface area contributed by atoms with E-state index in [4.69, 9.17) is 9.47 Å². The highest BCUT2D eigenvalue weighted by Crippen LogP contribution is 2.30. The van der Waals surface area contributed by atoms with Gasteiger partial charge in [-0.05, 0) is 39.8 Å². The predicted molar refractivity (Wildman–Crippen MR) is 100 cm³/mol. The standard InChI is InChI=1S/C18H24BrFN2O4/c1-11-10-21(6-7-22(11)17(24)26-18(2,3)4)14-9-12(19)8-13(20)15(14)16(23)25-5/h8-9,11H,6-7,10H2,1-5H3/t11-/m0/s1. The molecule has 6 nitrogen and oxygen atoms in total. The summed E-state index contributed by atoms with van der Waals surface area (Å²) in [7, 11) is 1.22. The van der Waals surface area contributed by atoms with Gasteiger partial charge in [0.2, 0.25) is 0 Å². The lowest BCUT2D eigenvalue weighted by Crippen LogP contribution is -2.55. The summed E-state index contributed by atoms with van der Waals surface area (Å²) in [5.74, 6) is -1.38. The van der Waals surface area contributed by atoms with Crippen molar-refractivity contribution in [2.45, 2.75) is 39.3 Å². The summed E-state index contributed by atoms with van der Waals surface area (Å²) in [4.78, 5) is 27.9. The average molecular weight is 431 g/mol. The van der Waals surface area contributed by atoms with E-state index in [1.807, 2.05) is 32.6 Å². The van der Waals surface area contributed by atoms with Crippen molar-refractivity contribution in [3.05, 3.63) is 28.0 Å². The van der Waals surface area contributed by atoms with Gasteiger partial charge in [-0.1, -0.05) is 15.9 Å². The first-order valence-corrected chi connectivity index (χ1v) is 9.14. The molecule has 1 aromatic carbocycles. The minimum Gasteiger partial charge on any atom is -0.465 e. The second-order valence-electron chi connectivity index (χ2n) is 7.24. The van der Waals surface area contributed by atoms with Gasteiger partial charge in [0, 0.05) is 30.1 Å². The molecule has 0 spiro atoms. The van der Waals surface area contributed by atoms with Crippen LogP contribution in [0.3, 0.4) is 0 Å². The molecule has 144 valence electrons. The van der Waals surface area contributed by atoms with Crippen molar-refractivity contribution in [2.24, 2.45) is 0 Å². The van der Waals surface area contributed by atoms with Crippen LogP contribution in [0, 0.1) is 5.82 Å². The van der Waals surface area contributed by atoms with Crippen LogP contribution in [-0.4, -0.2) is 55.3 Å². The second kappa shape index (κ2) is 7.82. The molecule has 0 aliphatic carbocycles. The Labute approximate surface area is 161 Å². The molecule has 1 aromatic rings. The van der Waals surface area contributed by atoms with E-state index in [9.17, 15) is 14.0 Å². The largest absolute Gasteiger partial charge is 0.465 e. The lowest BCUT2D eigenvalue weighted by Gasteiger charge is -2.41. The average Bonchev–Trinajstić information content (AvgIpc) is 2.51. The minimum atomic E-state index is -0.729. The number of rotatable bonds is 2. The predicted octanol–water partition coefficient (Wildman–Crippen LogP) is 3.82. The molecule has 0 bridgehead atoms. The van der Waals surface area contributed by atoms with Crippen LogP contribution < -0.4 is 4.90 Å². The summed E-state index contributed by atoms with van der Waals surface area (Å²) < 4.78 is 25.0. The van der Waals surface area contributed by atoms with Crippen LogP contribution in [0.1, 0.15) is 38.1 Å². The molecular weight excluding hydrogens is 407 g/mol. The molecule has 1 aliphatic rings. The number of carbonyl (C=O) groups is 2. The zero-order valence-corrected chi connectivity index (χ0v) is 17.2. The van der Waals surface area contributed by atoms with Gasteiger partial charge >= 0.3 is 12.1 Å². The van der Waals surface area contributed by atoms with Crippen molar-refractivity contribution in [1.29, 1.82) is 0 Å². The molecule has 1 heterocycles. The lowest BCUT2D eigenvalue weighted by atomic mass is 10.1. The Balaban J connectivity index is 2.24. The molecule has 1 amide bonds. The molecule has 0 saturated carbocycles. The van der Waals surface area contributed by atoms with Crippen LogP contribution in [0.15, 0.2) is 16.6 Å². The third-order valence-corrected chi connectivity index (χ3v) is 4.48. The van der Waals surface area contributed by atoms with E-state index in [1.54, 1.807) is 11.0 Å². The number of ether oxygens (including phenoxy) is 2. The van der Waals surface area contributed by atoms with E-state index >= 15 is 0 Å². The van der Waals surface area contributed by atoms with Gasteiger partial charge < -0.3 is 19.3 Å². The molecule has 26 heavy (non-hydrogen) atoms. The number of nitrogens with zero attached hydrogens (tertiary/aromatic N) is 2. The number of hydrogen-bond acceptors (Lipinski definition) is 5. The quantitative estimate of drug-likeness (QED) is 0.667. The van der Waals surface area contributed by atoms with E-state index in [-0.39, 0.29) is 17.7 Å². The summed E-state index contributed by atoms with van der Waals surface area (Å²) >= 11 is 3.26. The van der Waals surface area contributed by atoms with Gasteiger partial charge in [0.15, 0.2) is 0 Å². The first kappa shape index (κ1) is 20.5. The Morgan fingerprint density at radius 2 is 1.92 bits per heavy atom. The summed E-state index contributed by atoms with van der Waals surface area (Å²) in [6.45, 7) is 8.64. The summed E-state index contributed by atoms with van der Waals surface area (Å²) in [5, 5.41) is 0. The van der Waals surface area contributed by atoms with Crippen LogP contribution in [0.5, 0.6) is 0 Å². The van der Waals surface area contributed by atoms with E-state index < -0.39 is 17.4 Å². The number of piperazine rings is 1. The number of amides is 1. The van der Waals surface area contributed by atoms with Gasteiger partial charge in [-0.25, -0.2) is 14.0 Å². The Hall–Kier alpha value is -1.83. The van der Waals surface area contributed by atoms with Crippen molar-refractivity contribution in [3.8, 4) is 0 Å². The highest BCUT2D eigenvalue weighted by atomic mass is 79.9. The fraction of sp³-hybridized carbons (Fsp3) is 0.556. The maximum atomic E-state index is 14.3. The minimum absolute atomic E-state index is 0.103. The van der Waals surface area contributed by atoms with Crippen molar-refractivity contribution in [1.82, 2.24) is 4.90 Å². The third kappa shape index (κ3) is 4.66. The topological polar surface area (TPSA) is 59.1 Å². The van der Waals surface area contributed by atoms with Gasteiger partial charge in [-0.2, -0.15) is 0 Å². The zero-order valence-electron chi connectivity index (χ0n) is 15.6. The molecule has 0 unspecified atom stereocenters. The van der Waals surface area contributed by atoms with E-state index in [1.165, 1.54) is 13.2 Å². The van der Waals surface area contributed by atoms with Crippen LogP contribution in [0.4, 0.5) is 14.9 Å². The summed E-state index contributed by atoms with van der Waals surface area (Å²) in [6.07, 6.45) is -0.377. The normalized spacial score (nSPS) is 17.9. The molecule has 0 radical (unpaired) electrons. The fourth-order valence-electron chi connectivity index (χ4n) is 2.88. The number of halogens is 2.